The summed E-state index contributed by atoms with van der Waals surface area (Å²) in [4.78, 5) is 30.8. The summed E-state index contributed by atoms with van der Waals surface area (Å²) in [5, 5.41) is 0. The van der Waals surface area contributed by atoms with E-state index in [2.05, 4.69) is 36.9 Å². The van der Waals surface area contributed by atoms with Gasteiger partial charge < -0.3 is 9.80 Å². The second-order valence-corrected chi connectivity index (χ2v) is 7.75. The standard InChI is InChI=1S/C20H29N3O2/c1-14-6-5-7-15(2)18(14)12-22-10-16-8-9-17(11-22)23(20(16)25)13-19(24)21(3)4/h5-7,16-17H,8-13H2,1-4H3/t16-,17+/m0/s1. The molecule has 1 aromatic rings. The Hall–Kier alpha value is -1.88. The number of likely N-dealkylation sites (N-methyl/N-ethyl adjacent to an activating group) is 1. The topological polar surface area (TPSA) is 43.9 Å². The van der Waals surface area contributed by atoms with Gasteiger partial charge in [-0.2, -0.15) is 0 Å². The van der Waals surface area contributed by atoms with Crippen LogP contribution in [0.25, 0.3) is 0 Å². The van der Waals surface area contributed by atoms with Crippen LogP contribution in [-0.4, -0.2) is 66.3 Å². The Labute approximate surface area is 150 Å². The van der Waals surface area contributed by atoms with Crippen molar-refractivity contribution in [1.82, 2.24) is 14.7 Å². The van der Waals surface area contributed by atoms with Crippen LogP contribution in [0.1, 0.15) is 29.5 Å². The molecular formula is C20H29N3O2. The molecule has 2 atom stereocenters. The molecule has 3 heterocycles. The van der Waals surface area contributed by atoms with E-state index in [9.17, 15) is 9.59 Å². The second-order valence-electron chi connectivity index (χ2n) is 7.75. The van der Waals surface area contributed by atoms with Gasteiger partial charge >= 0.3 is 0 Å². The molecule has 2 bridgehead atoms. The van der Waals surface area contributed by atoms with Crippen LogP contribution in [0.2, 0.25) is 0 Å². The molecule has 0 aromatic heterocycles. The van der Waals surface area contributed by atoms with E-state index in [-0.39, 0.29) is 30.3 Å². The fraction of sp³-hybridized carbons (Fsp3) is 0.600. The predicted octanol–water partition coefficient (Wildman–Crippen LogP) is 1.81. The Balaban J connectivity index is 1.77. The summed E-state index contributed by atoms with van der Waals surface area (Å²) in [5.41, 5.74) is 3.98. The molecule has 136 valence electrons. The van der Waals surface area contributed by atoms with Gasteiger partial charge in [-0.25, -0.2) is 0 Å². The lowest BCUT2D eigenvalue weighted by atomic mass is 9.94. The molecule has 3 aliphatic heterocycles. The van der Waals surface area contributed by atoms with Crippen LogP contribution in [0.5, 0.6) is 0 Å². The van der Waals surface area contributed by atoms with Crippen molar-refractivity contribution in [3.63, 3.8) is 0 Å². The van der Waals surface area contributed by atoms with Gasteiger partial charge in [0.2, 0.25) is 11.8 Å². The summed E-state index contributed by atoms with van der Waals surface area (Å²) >= 11 is 0. The van der Waals surface area contributed by atoms with E-state index >= 15 is 0 Å². The Kier molecular flexibility index (Phi) is 5.13. The van der Waals surface area contributed by atoms with Crippen LogP contribution >= 0.6 is 0 Å². The third-order valence-corrected chi connectivity index (χ3v) is 5.70. The van der Waals surface area contributed by atoms with Crippen molar-refractivity contribution in [3.8, 4) is 0 Å². The summed E-state index contributed by atoms with van der Waals surface area (Å²) in [7, 11) is 3.49. The highest BCUT2D eigenvalue weighted by atomic mass is 16.2. The van der Waals surface area contributed by atoms with E-state index < -0.39 is 0 Å². The third-order valence-electron chi connectivity index (χ3n) is 5.70. The van der Waals surface area contributed by atoms with Gasteiger partial charge in [0.15, 0.2) is 0 Å². The number of hydrogen-bond donors (Lipinski definition) is 0. The number of fused-ring (bicyclic) bond motifs is 4. The number of hydrogen-bond acceptors (Lipinski definition) is 3. The average Bonchev–Trinajstić information content (AvgIpc) is 2.83. The maximum atomic E-state index is 12.8. The van der Waals surface area contributed by atoms with E-state index in [1.165, 1.54) is 16.7 Å². The van der Waals surface area contributed by atoms with Gasteiger partial charge in [0.05, 0.1) is 5.92 Å². The van der Waals surface area contributed by atoms with Gasteiger partial charge in [0, 0.05) is 39.8 Å². The smallest absolute Gasteiger partial charge is 0.241 e. The minimum Gasteiger partial charge on any atom is -0.347 e. The molecule has 0 radical (unpaired) electrons. The van der Waals surface area contributed by atoms with Gasteiger partial charge in [0.25, 0.3) is 0 Å². The molecule has 0 unspecified atom stereocenters. The summed E-state index contributed by atoms with van der Waals surface area (Å²) in [6.07, 6.45) is 1.94. The zero-order chi connectivity index (χ0) is 18.1. The summed E-state index contributed by atoms with van der Waals surface area (Å²) in [5.74, 6) is 0.190. The van der Waals surface area contributed by atoms with E-state index in [1.54, 1.807) is 19.0 Å². The van der Waals surface area contributed by atoms with E-state index in [1.807, 2.05) is 4.90 Å². The Morgan fingerprint density at radius 1 is 1.16 bits per heavy atom. The Morgan fingerprint density at radius 2 is 1.84 bits per heavy atom. The van der Waals surface area contributed by atoms with Gasteiger partial charge in [0.1, 0.15) is 6.54 Å². The maximum Gasteiger partial charge on any atom is 0.241 e. The van der Waals surface area contributed by atoms with Crippen molar-refractivity contribution in [2.75, 3.05) is 33.7 Å². The molecule has 5 nitrogen and oxygen atoms in total. The average molecular weight is 343 g/mol. The molecule has 25 heavy (non-hydrogen) atoms. The second kappa shape index (κ2) is 7.16. The number of rotatable bonds is 4. The van der Waals surface area contributed by atoms with Crippen molar-refractivity contribution in [1.29, 1.82) is 0 Å². The van der Waals surface area contributed by atoms with Crippen LogP contribution in [-0.2, 0) is 16.1 Å². The zero-order valence-electron chi connectivity index (χ0n) is 15.8. The lowest BCUT2D eigenvalue weighted by Crippen LogP contribution is -2.51. The molecule has 2 amide bonds. The summed E-state index contributed by atoms with van der Waals surface area (Å²) in [6, 6.07) is 6.56. The van der Waals surface area contributed by atoms with Crippen molar-refractivity contribution >= 4 is 11.8 Å². The van der Waals surface area contributed by atoms with Crippen LogP contribution < -0.4 is 0 Å². The van der Waals surface area contributed by atoms with Crippen molar-refractivity contribution in [2.45, 2.75) is 39.3 Å². The normalized spacial score (nSPS) is 23.7. The first-order valence-electron chi connectivity index (χ1n) is 9.15. The van der Waals surface area contributed by atoms with E-state index in [4.69, 9.17) is 0 Å². The Morgan fingerprint density at radius 3 is 2.48 bits per heavy atom. The van der Waals surface area contributed by atoms with Crippen molar-refractivity contribution in [2.24, 2.45) is 5.92 Å². The number of benzene rings is 1. The number of aryl methyl sites for hydroxylation is 2. The van der Waals surface area contributed by atoms with Gasteiger partial charge in [-0.15, -0.1) is 0 Å². The van der Waals surface area contributed by atoms with Crippen LogP contribution in [0.4, 0.5) is 0 Å². The molecule has 0 N–H and O–H groups in total. The van der Waals surface area contributed by atoms with Crippen LogP contribution in [0.3, 0.4) is 0 Å². The van der Waals surface area contributed by atoms with Crippen molar-refractivity contribution < 1.29 is 9.59 Å². The molecule has 0 aliphatic carbocycles. The van der Waals surface area contributed by atoms with Gasteiger partial charge in [-0.05, 0) is 43.4 Å². The lowest BCUT2D eigenvalue weighted by Gasteiger charge is -2.36. The number of nitrogens with zero attached hydrogens (tertiary/aromatic N) is 3. The zero-order valence-corrected chi connectivity index (χ0v) is 15.8. The van der Waals surface area contributed by atoms with Gasteiger partial charge in [-0.3, -0.25) is 14.5 Å². The fourth-order valence-electron chi connectivity index (χ4n) is 4.08. The first-order valence-corrected chi connectivity index (χ1v) is 9.15. The number of piperidine rings is 1. The summed E-state index contributed by atoms with van der Waals surface area (Å²) in [6.45, 7) is 7.06. The molecule has 5 heteroatoms. The maximum absolute atomic E-state index is 12.8. The van der Waals surface area contributed by atoms with Crippen LogP contribution in [0.15, 0.2) is 18.2 Å². The quantitative estimate of drug-likeness (QED) is 0.838. The van der Waals surface area contributed by atoms with E-state index in [0.29, 0.717) is 0 Å². The molecule has 0 spiro atoms. The fourth-order valence-corrected chi connectivity index (χ4v) is 4.08. The molecule has 3 aliphatic rings. The number of amides is 2. The first kappa shape index (κ1) is 17.9. The molecule has 1 aromatic carbocycles. The first-order chi connectivity index (χ1) is 11.9. The monoisotopic (exact) mass is 343 g/mol. The predicted molar refractivity (Wildman–Crippen MR) is 98.1 cm³/mol. The minimum atomic E-state index is 0.00204. The molecule has 0 saturated carbocycles. The Bertz CT molecular complexity index is 651. The SMILES string of the molecule is Cc1cccc(C)c1CN1C[C@@H]2CC[C@H](C1)N(CC(=O)N(C)C)C2=O. The largest absolute Gasteiger partial charge is 0.347 e. The number of carbonyl (C=O) groups is 2. The lowest BCUT2D eigenvalue weighted by molar-refractivity contribution is -0.145. The highest BCUT2D eigenvalue weighted by Crippen LogP contribution is 2.30. The molecule has 3 fully saturated rings. The highest BCUT2D eigenvalue weighted by Gasteiger charge is 2.41. The number of carbonyl (C=O) groups excluding carboxylic acids is 2. The van der Waals surface area contributed by atoms with Crippen molar-refractivity contribution in [3.05, 3.63) is 34.9 Å². The minimum absolute atomic E-state index is 0.00204. The highest BCUT2D eigenvalue weighted by molar-refractivity contribution is 5.86. The van der Waals surface area contributed by atoms with Gasteiger partial charge in [-0.1, -0.05) is 18.2 Å². The summed E-state index contributed by atoms with van der Waals surface area (Å²) < 4.78 is 0. The molecule has 4 rings (SSSR count). The van der Waals surface area contributed by atoms with E-state index in [0.717, 1.165) is 32.5 Å². The molecule has 3 saturated heterocycles. The molecular weight excluding hydrogens is 314 g/mol. The third kappa shape index (κ3) is 3.71. The van der Waals surface area contributed by atoms with Crippen LogP contribution in [0, 0.1) is 19.8 Å².